The number of thiophene rings is 1. The molecule has 2 amide bonds. The predicted molar refractivity (Wildman–Crippen MR) is 66.3 cm³/mol. The van der Waals surface area contributed by atoms with E-state index in [9.17, 15) is 9.59 Å². The van der Waals surface area contributed by atoms with Gasteiger partial charge < -0.3 is 15.7 Å². The number of carboxylic acid groups (broad SMARTS) is 1. The molecule has 1 rings (SSSR count). The molecular weight excluding hydrogens is 240 g/mol. The van der Waals surface area contributed by atoms with Gasteiger partial charge in [0.1, 0.15) is 6.04 Å². The van der Waals surface area contributed by atoms with Gasteiger partial charge in [0.25, 0.3) is 0 Å². The van der Waals surface area contributed by atoms with Crippen molar-refractivity contribution in [3.05, 3.63) is 22.4 Å². The monoisotopic (exact) mass is 256 g/mol. The molecule has 0 aliphatic carbocycles. The lowest BCUT2D eigenvalue weighted by atomic mass is 10.2. The van der Waals surface area contributed by atoms with Crippen LogP contribution >= 0.6 is 11.3 Å². The second-order valence-electron chi connectivity index (χ2n) is 3.58. The molecule has 94 valence electrons. The molecule has 17 heavy (non-hydrogen) atoms. The van der Waals surface area contributed by atoms with E-state index in [0.717, 1.165) is 6.42 Å². The number of amides is 2. The first kappa shape index (κ1) is 13.5. The van der Waals surface area contributed by atoms with Gasteiger partial charge in [-0.05, 0) is 35.2 Å². The second-order valence-corrected chi connectivity index (χ2v) is 4.36. The van der Waals surface area contributed by atoms with Gasteiger partial charge in [0.05, 0.1) is 0 Å². The van der Waals surface area contributed by atoms with Crippen LogP contribution in [0.5, 0.6) is 0 Å². The first-order valence-corrected chi connectivity index (χ1v) is 6.36. The van der Waals surface area contributed by atoms with Crippen molar-refractivity contribution in [3.63, 3.8) is 0 Å². The van der Waals surface area contributed by atoms with Crippen LogP contribution in [-0.2, 0) is 11.2 Å². The van der Waals surface area contributed by atoms with Crippen LogP contribution in [0.1, 0.15) is 18.9 Å². The van der Waals surface area contributed by atoms with E-state index in [2.05, 4.69) is 10.6 Å². The van der Waals surface area contributed by atoms with Crippen molar-refractivity contribution in [2.24, 2.45) is 0 Å². The van der Waals surface area contributed by atoms with Gasteiger partial charge in [-0.25, -0.2) is 9.59 Å². The maximum Gasteiger partial charge on any atom is 0.326 e. The van der Waals surface area contributed by atoms with Gasteiger partial charge in [0.15, 0.2) is 0 Å². The van der Waals surface area contributed by atoms with E-state index in [4.69, 9.17) is 5.11 Å². The molecule has 0 saturated carbocycles. The molecule has 3 N–H and O–H groups in total. The Morgan fingerprint density at radius 3 is 2.82 bits per heavy atom. The van der Waals surface area contributed by atoms with Crippen LogP contribution in [0.25, 0.3) is 0 Å². The fourth-order valence-corrected chi connectivity index (χ4v) is 2.01. The minimum absolute atomic E-state index is 0.368. The van der Waals surface area contributed by atoms with Gasteiger partial charge in [-0.3, -0.25) is 0 Å². The first-order valence-electron chi connectivity index (χ1n) is 5.41. The number of hydrogen-bond acceptors (Lipinski definition) is 3. The summed E-state index contributed by atoms with van der Waals surface area (Å²) in [5, 5.41) is 17.8. The van der Waals surface area contributed by atoms with Crippen LogP contribution in [0.3, 0.4) is 0 Å². The minimum Gasteiger partial charge on any atom is -0.480 e. The highest BCUT2D eigenvalue weighted by Crippen LogP contribution is 2.05. The Balaban J connectivity index is 2.23. The molecule has 0 aliphatic rings. The molecular formula is C11H16N2O3S. The molecule has 1 atom stereocenters. The summed E-state index contributed by atoms with van der Waals surface area (Å²) in [6, 6.07) is 0.738. The Hall–Kier alpha value is -1.56. The summed E-state index contributed by atoms with van der Waals surface area (Å²) in [5.41, 5.74) is 1.17. The SMILES string of the molecule is CC[C@H](NC(=O)NCCc1ccsc1)C(=O)O. The highest BCUT2D eigenvalue weighted by molar-refractivity contribution is 7.07. The zero-order chi connectivity index (χ0) is 12.7. The number of urea groups is 1. The average Bonchev–Trinajstić information content (AvgIpc) is 2.78. The third kappa shape index (κ3) is 4.86. The standard InChI is InChI=1S/C11H16N2O3S/c1-2-9(10(14)15)13-11(16)12-5-3-8-4-6-17-7-8/h4,6-7,9H,2-3,5H2,1H3,(H,14,15)(H2,12,13,16)/t9-/m0/s1. The molecule has 0 unspecified atom stereocenters. The van der Waals surface area contributed by atoms with Crippen LogP contribution in [0.2, 0.25) is 0 Å². The van der Waals surface area contributed by atoms with Crippen molar-refractivity contribution in [1.82, 2.24) is 10.6 Å². The molecule has 0 aromatic carbocycles. The zero-order valence-electron chi connectivity index (χ0n) is 9.60. The number of carbonyl (C=O) groups excluding carboxylic acids is 1. The molecule has 1 aromatic rings. The van der Waals surface area contributed by atoms with E-state index in [1.54, 1.807) is 18.3 Å². The quantitative estimate of drug-likeness (QED) is 0.721. The summed E-state index contributed by atoms with van der Waals surface area (Å²) in [7, 11) is 0. The van der Waals surface area contributed by atoms with Crippen molar-refractivity contribution in [2.45, 2.75) is 25.8 Å². The van der Waals surface area contributed by atoms with E-state index < -0.39 is 18.0 Å². The van der Waals surface area contributed by atoms with Crippen LogP contribution in [0.4, 0.5) is 4.79 Å². The smallest absolute Gasteiger partial charge is 0.326 e. The fraction of sp³-hybridized carbons (Fsp3) is 0.455. The summed E-state index contributed by atoms with van der Waals surface area (Å²) in [6.45, 7) is 2.21. The van der Waals surface area contributed by atoms with Crippen LogP contribution in [0.15, 0.2) is 16.8 Å². The first-order chi connectivity index (χ1) is 8.13. The summed E-state index contributed by atoms with van der Waals surface area (Å²) >= 11 is 1.61. The van der Waals surface area contributed by atoms with Gasteiger partial charge >= 0.3 is 12.0 Å². The maximum absolute atomic E-state index is 11.4. The molecule has 0 spiro atoms. The molecule has 6 heteroatoms. The Morgan fingerprint density at radius 2 is 2.29 bits per heavy atom. The van der Waals surface area contributed by atoms with Crippen molar-refractivity contribution in [2.75, 3.05) is 6.54 Å². The molecule has 0 fully saturated rings. The topological polar surface area (TPSA) is 78.4 Å². The number of hydrogen-bond donors (Lipinski definition) is 3. The van der Waals surface area contributed by atoms with E-state index in [-0.39, 0.29) is 0 Å². The Bertz CT molecular complexity index is 365. The van der Waals surface area contributed by atoms with Gasteiger partial charge in [-0.2, -0.15) is 11.3 Å². The molecule has 0 aliphatic heterocycles. The number of nitrogens with one attached hydrogen (secondary N) is 2. The van der Waals surface area contributed by atoms with Crippen molar-refractivity contribution >= 4 is 23.3 Å². The molecule has 0 radical (unpaired) electrons. The zero-order valence-corrected chi connectivity index (χ0v) is 10.4. The number of rotatable bonds is 6. The van der Waals surface area contributed by atoms with E-state index in [1.165, 1.54) is 5.56 Å². The van der Waals surface area contributed by atoms with E-state index in [0.29, 0.717) is 13.0 Å². The number of carboxylic acids is 1. The number of aliphatic carboxylic acids is 1. The lowest BCUT2D eigenvalue weighted by Crippen LogP contribution is -2.46. The molecule has 0 saturated heterocycles. The Morgan fingerprint density at radius 1 is 1.53 bits per heavy atom. The van der Waals surface area contributed by atoms with Gasteiger partial charge in [0, 0.05) is 6.54 Å². The highest BCUT2D eigenvalue weighted by Gasteiger charge is 2.16. The highest BCUT2D eigenvalue weighted by atomic mass is 32.1. The molecule has 1 aromatic heterocycles. The average molecular weight is 256 g/mol. The third-order valence-electron chi connectivity index (χ3n) is 2.29. The largest absolute Gasteiger partial charge is 0.480 e. The molecule has 1 heterocycles. The molecule has 0 bridgehead atoms. The summed E-state index contributed by atoms with van der Waals surface area (Å²) in [6.07, 6.45) is 1.12. The Labute approximate surface area is 104 Å². The summed E-state index contributed by atoms with van der Waals surface area (Å²) < 4.78 is 0. The van der Waals surface area contributed by atoms with Gasteiger partial charge in [-0.1, -0.05) is 6.92 Å². The van der Waals surface area contributed by atoms with Crippen molar-refractivity contribution in [3.8, 4) is 0 Å². The molecule has 5 nitrogen and oxygen atoms in total. The van der Waals surface area contributed by atoms with E-state index in [1.807, 2.05) is 16.8 Å². The van der Waals surface area contributed by atoms with Crippen molar-refractivity contribution in [1.29, 1.82) is 0 Å². The van der Waals surface area contributed by atoms with Crippen LogP contribution in [0, 0.1) is 0 Å². The normalized spacial score (nSPS) is 11.8. The number of carbonyl (C=O) groups is 2. The minimum atomic E-state index is -1.01. The van der Waals surface area contributed by atoms with Crippen LogP contribution in [-0.4, -0.2) is 29.7 Å². The Kier molecular flexibility index (Phi) is 5.48. The third-order valence-corrected chi connectivity index (χ3v) is 3.02. The lowest BCUT2D eigenvalue weighted by molar-refractivity contribution is -0.139. The van der Waals surface area contributed by atoms with Gasteiger partial charge in [0.2, 0.25) is 0 Å². The fourth-order valence-electron chi connectivity index (χ4n) is 1.30. The van der Waals surface area contributed by atoms with Crippen LogP contribution < -0.4 is 10.6 Å². The second kappa shape index (κ2) is 6.90. The van der Waals surface area contributed by atoms with Gasteiger partial charge in [-0.15, -0.1) is 0 Å². The van der Waals surface area contributed by atoms with Crippen molar-refractivity contribution < 1.29 is 14.7 Å². The predicted octanol–water partition coefficient (Wildman–Crippen LogP) is 1.45. The summed E-state index contributed by atoms with van der Waals surface area (Å²) in [4.78, 5) is 22.0. The maximum atomic E-state index is 11.4. The lowest BCUT2D eigenvalue weighted by Gasteiger charge is -2.12. The van der Waals surface area contributed by atoms with E-state index >= 15 is 0 Å². The summed E-state index contributed by atoms with van der Waals surface area (Å²) in [5.74, 6) is -1.01.